The predicted molar refractivity (Wildman–Crippen MR) is 145 cm³/mol. The molecule has 2 unspecified atom stereocenters. The minimum atomic E-state index is 0.355. The monoisotopic (exact) mass is 461 g/mol. The molecule has 1 aliphatic rings. The van der Waals surface area contributed by atoms with Crippen LogP contribution in [-0.2, 0) is 6.42 Å². The first-order valence-electron chi connectivity index (χ1n) is 12.5. The lowest BCUT2D eigenvalue weighted by Gasteiger charge is -2.39. The van der Waals surface area contributed by atoms with E-state index in [1.807, 2.05) is 32.6 Å². The van der Waals surface area contributed by atoms with Gasteiger partial charge in [0.15, 0.2) is 0 Å². The summed E-state index contributed by atoms with van der Waals surface area (Å²) in [5.74, 6) is 0. The van der Waals surface area contributed by atoms with E-state index < -0.39 is 0 Å². The Hall–Kier alpha value is -2.79. The third-order valence-corrected chi connectivity index (χ3v) is 6.34. The van der Waals surface area contributed by atoms with Crippen molar-refractivity contribution in [3.05, 3.63) is 83.6 Å². The first kappa shape index (κ1) is 27.5. The number of nitrogens with one attached hydrogen (secondary N) is 1. The highest BCUT2D eigenvalue weighted by Crippen LogP contribution is 2.39. The van der Waals surface area contributed by atoms with Crippen LogP contribution in [0.2, 0.25) is 0 Å². The van der Waals surface area contributed by atoms with Crippen LogP contribution in [0, 0.1) is 6.92 Å². The molecule has 3 heterocycles. The van der Waals surface area contributed by atoms with Crippen molar-refractivity contribution in [2.45, 2.75) is 70.9 Å². The fourth-order valence-electron chi connectivity index (χ4n) is 4.61. The number of rotatable bonds is 9. The van der Waals surface area contributed by atoms with Gasteiger partial charge in [0.25, 0.3) is 0 Å². The standard InChI is InChI=1S/C26H36N4.C3H7N/c1-5-10-21(19-27-3)12-6-13-22-14-7-15-23(29-22)24-16-8-17-25(30(24)4)26-20(2)11-9-18-28-26;1-3-4-2/h7,9-11,14-15,18-19,24-25H,5-6,8,12-13,16-17H2,1-4H3;3-4H,1H2,2H3/b21-10-,27-19?;. The van der Waals surface area contributed by atoms with Crippen molar-refractivity contribution >= 4 is 6.21 Å². The topological polar surface area (TPSA) is 53.4 Å². The van der Waals surface area contributed by atoms with Crippen molar-refractivity contribution in [1.82, 2.24) is 20.2 Å². The number of hydrogen-bond acceptors (Lipinski definition) is 5. The lowest BCUT2D eigenvalue weighted by Crippen LogP contribution is -2.34. The van der Waals surface area contributed by atoms with Crippen LogP contribution in [0.25, 0.3) is 0 Å². The van der Waals surface area contributed by atoms with Crippen LogP contribution in [0.5, 0.6) is 0 Å². The van der Waals surface area contributed by atoms with Gasteiger partial charge in [-0.25, -0.2) is 0 Å². The quantitative estimate of drug-likeness (QED) is 0.440. The first-order chi connectivity index (χ1) is 16.5. The maximum Gasteiger partial charge on any atom is 0.0604 e. The summed E-state index contributed by atoms with van der Waals surface area (Å²) in [6, 6.07) is 11.5. The minimum Gasteiger partial charge on any atom is -0.394 e. The van der Waals surface area contributed by atoms with Crippen LogP contribution in [-0.4, -0.2) is 42.2 Å². The SMILES string of the molecule is C=CNC.CC/C=C(\C=NC)CCCc1cccc(C2CCCC(c3ncccc3C)N2C)n1. The molecule has 2 atom stereocenters. The van der Waals surface area contributed by atoms with Gasteiger partial charge in [-0.15, -0.1) is 0 Å². The number of aliphatic imine (C=N–C) groups is 1. The van der Waals surface area contributed by atoms with E-state index >= 15 is 0 Å². The number of hydrogen-bond donors (Lipinski definition) is 1. The molecule has 3 rings (SSSR count). The van der Waals surface area contributed by atoms with E-state index in [0.717, 1.165) is 38.5 Å². The van der Waals surface area contributed by atoms with Gasteiger partial charge in [0.2, 0.25) is 0 Å². The number of aromatic nitrogens is 2. The number of aryl methyl sites for hydroxylation is 2. The molecule has 5 nitrogen and oxygen atoms in total. The van der Waals surface area contributed by atoms with E-state index in [9.17, 15) is 0 Å². The fourth-order valence-corrected chi connectivity index (χ4v) is 4.61. The molecule has 1 aliphatic heterocycles. The van der Waals surface area contributed by atoms with Gasteiger partial charge in [0.05, 0.1) is 23.5 Å². The molecule has 5 heteroatoms. The zero-order valence-electron chi connectivity index (χ0n) is 21.8. The summed E-state index contributed by atoms with van der Waals surface area (Å²) in [6.07, 6.45) is 15.6. The molecular formula is C29H43N5. The van der Waals surface area contributed by atoms with E-state index in [4.69, 9.17) is 9.97 Å². The van der Waals surface area contributed by atoms with E-state index in [2.05, 4.69) is 73.0 Å². The van der Waals surface area contributed by atoms with Crippen LogP contribution in [0.1, 0.15) is 80.2 Å². The Balaban J connectivity index is 0.000000945. The number of piperidine rings is 1. The molecule has 0 saturated carbocycles. The van der Waals surface area contributed by atoms with Gasteiger partial charge in [-0.2, -0.15) is 0 Å². The Labute approximate surface area is 207 Å². The number of pyridine rings is 2. The second kappa shape index (κ2) is 15.2. The number of allylic oxidation sites excluding steroid dienone is 2. The highest BCUT2D eigenvalue weighted by molar-refractivity contribution is 5.78. The molecule has 2 aromatic rings. The molecule has 0 aliphatic carbocycles. The largest absolute Gasteiger partial charge is 0.394 e. The Kier molecular flexibility index (Phi) is 12.3. The van der Waals surface area contributed by atoms with Crippen molar-refractivity contribution in [1.29, 1.82) is 0 Å². The Morgan fingerprint density at radius 3 is 2.68 bits per heavy atom. The van der Waals surface area contributed by atoms with Crippen LogP contribution in [0.15, 0.2) is 65.9 Å². The summed E-state index contributed by atoms with van der Waals surface area (Å²) in [6.45, 7) is 7.71. The minimum absolute atomic E-state index is 0.355. The molecule has 34 heavy (non-hydrogen) atoms. The molecule has 0 amide bonds. The second-order valence-electron chi connectivity index (χ2n) is 8.81. The molecule has 0 bridgehead atoms. The van der Waals surface area contributed by atoms with Crippen LogP contribution in [0.3, 0.4) is 0 Å². The molecule has 2 aromatic heterocycles. The Morgan fingerprint density at radius 2 is 2.00 bits per heavy atom. The van der Waals surface area contributed by atoms with Gasteiger partial charge < -0.3 is 5.32 Å². The van der Waals surface area contributed by atoms with E-state index in [1.165, 1.54) is 34.6 Å². The second-order valence-corrected chi connectivity index (χ2v) is 8.81. The van der Waals surface area contributed by atoms with Crippen molar-refractivity contribution in [3.8, 4) is 0 Å². The van der Waals surface area contributed by atoms with Gasteiger partial charge in [-0.1, -0.05) is 31.7 Å². The Bertz CT molecular complexity index is 934. The predicted octanol–water partition coefficient (Wildman–Crippen LogP) is 6.39. The van der Waals surface area contributed by atoms with Crippen molar-refractivity contribution in [2.24, 2.45) is 4.99 Å². The zero-order valence-corrected chi connectivity index (χ0v) is 21.8. The molecule has 1 saturated heterocycles. The fraction of sp³-hybridized carbons (Fsp3) is 0.483. The summed E-state index contributed by atoms with van der Waals surface area (Å²) in [5.41, 5.74) is 6.22. The van der Waals surface area contributed by atoms with Crippen molar-refractivity contribution in [3.63, 3.8) is 0 Å². The molecule has 0 radical (unpaired) electrons. The van der Waals surface area contributed by atoms with Gasteiger partial charge in [0.1, 0.15) is 0 Å². The molecule has 1 N–H and O–H groups in total. The first-order valence-corrected chi connectivity index (χ1v) is 12.5. The van der Waals surface area contributed by atoms with Gasteiger partial charge >= 0.3 is 0 Å². The third-order valence-electron chi connectivity index (χ3n) is 6.34. The van der Waals surface area contributed by atoms with Gasteiger partial charge in [0, 0.05) is 32.2 Å². The average molecular weight is 462 g/mol. The lowest BCUT2D eigenvalue weighted by atomic mass is 9.90. The van der Waals surface area contributed by atoms with E-state index in [0.29, 0.717) is 12.1 Å². The van der Waals surface area contributed by atoms with Crippen molar-refractivity contribution in [2.75, 3.05) is 21.1 Å². The summed E-state index contributed by atoms with van der Waals surface area (Å²) >= 11 is 0. The molecular weight excluding hydrogens is 418 g/mol. The summed E-state index contributed by atoms with van der Waals surface area (Å²) < 4.78 is 0. The average Bonchev–Trinajstić information content (AvgIpc) is 2.85. The molecule has 1 fully saturated rings. The maximum absolute atomic E-state index is 5.07. The normalized spacial score (nSPS) is 18.9. The van der Waals surface area contributed by atoms with Gasteiger partial charge in [-0.05, 0) is 94.5 Å². The molecule has 184 valence electrons. The lowest BCUT2D eigenvalue weighted by molar-refractivity contribution is 0.109. The summed E-state index contributed by atoms with van der Waals surface area (Å²) in [4.78, 5) is 16.5. The highest BCUT2D eigenvalue weighted by Gasteiger charge is 2.31. The van der Waals surface area contributed by atoms with Crippen molar-refractivity contribution < 1.29 is 0 Å². The van der Waals surface area contributed by atoms with E-state index in [1.54, 1.807) is 6.20 Å². The van der Waals surface area contributed by atoms with E-state index in [-0.39, 0.29) is 0 Å². The van der Waals surface area contributed by atoms with Crippen LogP contribution < -0.4 is 5.32 Å². The van der Waals surface area contributed by atoms with Crippen LogP contribution >= 0.6 is 0 Å². The number of likely N-dealkylation sites (tertiary alicyclic amines) is 1. The maximum atomic E-state index is 5.07. The van der Waals surface area contributed by atoms with Gasteiger partial charge in [-0.3, -0.25) is 19.9 Å². The molecule has 0 aromatic carbocycles. The van der Waals surface area contributed by atoms with Crippen LogP contribution in [0.4, 0.5) is 0 Å². The zero-order chi connectivity index (χ0) is 24.8. The molecule has 0 spiro atoms. The third kappa shape index (κ3) is 8.21. The smallest absolute Gasteiger partial charge is 0.0604 e. The summed E-state index contributed by atoms with van der Waals surface area (Å²) in [5, 5.41) is 2.69. The summed E-state index contributed by atoms with van der Waals surface area (Å²) in [7, 11) is 5.89. The Morgan fingerprint density at radius 1 is 1.24 bits per heavy atom. The number of nitrogens with zero attached hydrogens (tertiary/aromatic N) is 4. The highest BCUT2D eigenvalue weighted by atomic mass is 15.2.